The summed E-state index contributed by atoms with van der Waals surface area (Å²) in [4.78, 5) is 1.19. The first-order valence-corrected chi connectivity index (χ1v) is 7.54. The number of hydrazine groups is 1. The topological polar surface area (TPSA) is 47.3 Å². The second-order valence-electron chi connectivity index (χ2n) is 4.43. The quantitative estimate of drug-likeness (QED) is 0.659. The lowest BCUT2D eigenvalue weighted by Gasteiger charge is -2.17. The first kappa shape index (κ1) is 14.5. The van der Waals surface area contributed by atoms with Crippen molar-refractivity contribution in [2.24, 2.45) is 5.84 Å². The maximum absolute atomic E-state index is 5.75. The first-order chi connectivity index (χ1) is 9.06. The molecular formula is C14H17BrN2OS. The summed E-state index contributed by atoms with van der Waals surface area (Å²) in [6, 6.07) is 8.20. The van der Waals surface area contributed by atoms with Crippen molar-refractivity contribution in [1.82, 2.24) is 5.43 Å². The molecule has 3 N–H and O–H groups in total. The molecule has 1 aromatic carbocycles. The Balaban J connectivity index is 2.42. The van der Waals surface area contributed by atoms with E-state index in [1.165, 1.54) is 10.4 Å². The largest absolute Gasteiger partial charge is 0.497 e. The van der Waals surface area contributed by atoms with Crippen LogP contribution in [0.1, 0.15) is 27.6 Å². The highest BCUT2D eigenvalue weighted by Crippen LogP contribution is 2.35. The minimum atomic E-state index is 0.000839. The zero-order valence-electron chi connectivity index (χ0n) is 11.2. The van der Waals surface area contributed by atoms with Crippen molar-refractivity contribution in [3.8, 4) is 5.75 Å². The Morgan fingerprint density at radius 3 is 2.47 bits per heavy atom. The molecule has 0 amide bonds. The van der Waals surface area contributed by atoms with E-state index in [1.54, 1.807) is 18.4 Å². The van der Waals surface area contributed by atoms with E-state index >= 15 is 0 Å². The monoisotopic (exact) mass is 340 g/mol. The van der Waals surface area contributed by atoms with Crippen molar-refractivity contribution in [2.75, 3.05) is 7.11 Å². The van der Waals surface area contributed by atoms with Crippen molar-refractivity contribution >= 4 is 27.3 Å². The van der Waals surface area contributed by atoms with Gasteiger partial charge in [-0.25, -0.2) is 5.43 Å². The van der Waals surface area contributed by atoms with Crippen LogP contribution in [0.4, 0.5) is 0 Å². The van der Waals surface area contributed by atoms with Gasteiger partial charge in [0, 0.05) is 4.88 Å². The van der Waals surface area contributed by atoms with Crippen LogP contribution in [0.15, 0.2) is 28.1 Å². The average molecular weight is 341 g/mol. The van der Waals surface area contributed by atoms with Crippen molar-refractivity contribution in [3.05, 3.63) is 49.6 Å². The Morgan fingerprint density at radius 1 is 1.26 bits per heavy atom. The van der Waals surface area contributed by atoms with E-state index in [-0.39, 0.29) is 6.04 Å². The van der Waals surface area contributed by atoms with Gasteiger partial charge in [-0.3, -0.25) is 5.84 Å². The molecule has 1 aromatic heterocycles. The lowest BCUT2D eigenvalue weighted by atomic mass is 10.00. The molecule has 0 aliphatic heterocycles. The fraction of sp³-hybridized carbons (Fsp3) is 0.286. The minimum Gasteiger partial charge on any atom is -0.497 e. The zero-order valence-corrected chi connectivity index (χ0v) is 13.6. The van der Waals surface area contributed by atoms with Crippen LogP contribution in [-0.4, -0.2) is 7.11 Å². The number of halogens is 1. The number of hydrogen-bond acceptors (Lipinski definition) is 4. The van der Waals surface area contributed by atoms with E-state index in [0.29, 0.717) is 0 Å². The number of nitrogens with two attached hydrogens (primary N) is 1. The summed E-state index contributed by atoms with van der Waals surface area (Å²) in [5, 5.41) is 0. The van der Waals surface area contributed by atoms with Gasteiger partial charge in [-0.15, -0.1) is 11.3 Å². The van der Waals surface area contributed by atoms with Gasteiger partial charge >= 0.3 is 0 Å². The van der Waals surface area contributed by atoms with Crippen LogP contribution in [0.2, 0.25) is 0 Å². The van der Waals surface area contributed by atoms with Crippen LogP contribution in [0.5, 0.6) is 5.75 Å². The third-order valence-corrected chi connectivity index (χ3v) is 5.32. The molecule has 2 aromatic rings. The Kier molecular flexibility index (Phi) is 4.62. The number of rotatable bonds is 4. The highest BCUT2D eigenvalue weighted by molar-refractivity contribution is 9.11. The van der Waals surface area contributed by atoms with Gasteiger partial charge in [0.15, 0.2) is 0 Å². The van der Waals surface area contributed by atoms with E-state index < -0.39 is 0 Å². The predicted octanol–water partition coefficient (Wildman–Crippen LogP) is 3.69. The van der Waals surface area contributed by atoms with Crippen LogP contribution in [0.3, 0.4) is 0 Å². The number of hydrogen-bond donors (Lipinski definition) is 2. The fourth-order valence-corrected chi connectivity index (χ4v) is 3.70. The molecule has 0 saturated carbocycles. The summed E-state index contributed by atoms with van der Waals surface area (Å²) in [7, 11) is 1.67. The second kappa shape index (κ2) is 6.05. The molecule has 0 bridgehead atoms. The van der Waals surface area contributed by atoms with Gasteiger partial charge in [0.25, 0.3) is 0 Å². The van der Waals surface area contributed by atoms with Crippen LogP contribution < -0.4 is 16.0 Å². The van der Waals surface area contributed by atoms with E-state index in [1.807, 2.05) is 12.1 Å². The van der Waals surface area contributed by atoms with Crippen LogP contribution in [0, 0.1) is 13.8 Å². The molecule has 0 fully saturated rings. The number of aryl methyl sites for hydroxylation is 2. The minimum absolute atomic E-state index is 0.000839. The van der Waals surface area contributed by atoms with Gasteiger partial charge in [0.2, 0.25) is 0 Å². The average Bonchev–Trinajstić information content (AvgIpc) is 2.72. The molecule has 0 radical (unpaired) electrons. The molecule has 0 aliphatic rings. The predicted molar refractivity (Wildman–Crippen MR) is 83.7 cm³/mol. The Morgan fingerprint density at radius 2 is 2.00 bits per heavy atom. The molecular weight excluding hydrogens is 324 g/mol. The number of nitrogens with one attached hydrogen (secondary N) is 1. The van der Waals surface area contributed by atoms with Crippen molar-refractivity contribution in [3.63, 3.8) is 0 Å². The summed E-state index contributed by atoms with van der Waals surface area (Å²) in [6.45, 7) is 4.15. The van der Waals surface area contributed by atoms with Crippen molar-refractivity contribution in [2.45, 2.75) is 19.9 Å². The molecule has 1 unspecified atom stereocenters. The smallest absolute Gasteiger partial charge is 0.119 e. The maximum atomic E-state index is 5.75. The Bertz CT molecular complexity index is 563. The molecule has 3 nitrogen and oxygen atoms in total. The molecule has 1 heterocycles. The molecule has 0 aliphatic carbocycles. The van der Waals surface area contributed by atoms with Gasteiger partial charge in [-0.05, 0) is 64.7 Å². The molecule has 102 valence electrons. The number of thiophene rings is 1. The molecule has 0 saturated heterocycles. The van der Waals surface area contributed by atoms with Crippen LogP contribution >= 0.6 is 27.3 Å². The first-order valence-electron chi connectivity index (χ1n) is 5.93. The van der Waals surface area contributed by atoms with Crippen LogP contribution in [-0.2, 0) is 0 Å². The van der Waals surface area contributed by atoms with Gasteiger partial charge in [-0.2, -0.15) is 0 Å². The van der Waals surface area contributed by atoms with Gasteiger partial charge in [0.05, 0.1) is 16.9 Å². The Hall–Kier alpha value is -0.880. The molecule has 2 rings (SSSR count). The van der Waals surface area contributed by atoms with Gasteiger partial charge in [-0.1, -0.05) is 6.07 Å². The lowest BCUT2D eigenvalue weighted by Crippen LogP contribution is -2.28. The highest BCUT2D eigenvalue weighted by atomic mass is 79.9. The van der Waals surface area contributed by atoms with E-state index in [4.69, 9.17) is 10.6 Å². The summed E-state index contributed by atoms with van der Waals surface area (Å²) in [5.41, 5.74) is 6.45. The standard InChI is InChI=1S/C14H17BrN2OS/c1-8-6-10(18-3)4-5-11(8)13(17-16)12-7-9(2)14(15)19-12/h4-7,13,17H,16H2,1-3H3. The summed E-state index contributed by atoms with van der Waals surface area (Å²) >= 11 is 5.26. The molecule has 5 heteroatoms. The SMILES string of the molecule is COc1ccc(C(NN)c2cc(C)c(Br)s2)c(C)c1. The zero-order chi connectivity index (χ0) is 14.0. The Labute approximate surface area is 125 Å². The number of benzene rings is 1. The van der Waals surface area contributed by atoms with E-state index in [9.17, 15) is 0 Å². The summed E-state index contributed by atoms with van der Waals surface area (Å²) in [5.74, 6) is 6.61. The highest BCUT2D eigenvalue weighted by Gasteiger charge is 2.18. The molecule has 1 atom stereocenters. The second-order valence-corrected chi connectivity index (χ2v) is 6.83. The van der Waals surface area contributed by atoms with E-state index in [0.717, 1.165) is 20.7 Å². The van der Waals surface area contributed by atoms with E-state index in [2.05, 4.69) is 47.3 Å². The van der Waals surface area contributed by atoms with Crippen molar-refractivity contribution in [1.29, 1.82) is 0 Å². The third-order valence-electron chi connectivity index (χ3n) is 3.12. The summed E-state index contributed by atoms with van der Waals surface area (Å²) < 4.78 is 6.38. The third kappa shape index (κ3) is 3.00. The van der Waals surface area contributed by atoms with Crippen molar-refractivity contribution < 1.29 is 4.74 Å². The number of methoxy groups -OCH3 is 1. The van der Waals surface area contributed by atoms with Crippen LogP contribution in [0.25, 0.3) is 0 Å². The fourth-order valence-electron chi connectivity index (χ4n) is 2.05. The maximum Gasteiger partial charge on any atom is 0.119 e. The molecule has 19 heavy (non-hydrogen) atoms. The summed E-state index contributed by atoms with van der Waals surface area (Å²) in [6.07, 6.45) is 0. The van der Waals surface area contributed by atoms with Gasteiger partial charge < -0.3 is 4.74 Å². The molecule has 0 spiro atoms. The normalized spacial score (nSPS) is 12.5. The number of ether oxygens (including phenoxy) is 1. The lowest BCUT2D eigenvalue weighted by molar-refractivity contribution is 0.414. The van der Waals surface area contributed by atoms with Gasteiger partial charge in [0.1, 0.15) is 5.75 Å².